The third kappa shape index (κ3) is 0.972. The first-order valence-corrected chi connectivity index (χ1v) is 5.82. The first-order valence-electron chi connectivity index (χ1n) is 5.82. The Hall–Kier alpha value is -1.44. The van der Waals surface area contributed by atoms with E-state index in [-0.39, 0.29) is 17.5 Å². The summed E-state index contributed by atoms with van der Waals surface area (Å²) >= 11 is 0. The van der Waals surface area contributed by atoms with E-state index in [2.05, 4.69) is 0 Å². The molecular formula is C14H14O2. The highest BCUT2D eigenvalue weighted by molar-refractivity contribution is 6.19. The Morgan fingerprint density at radius 1 is 1.25 bits per heavy atom. The molecule has 2 atom stereocenters. The van der Waals surface area contributed by atoms with Crippen molar-refractivity contribution in [1.29, 1.82) is 0 Å². The van der Waals surface area contributed by atoms with Gasteiger partial charge in [0.15, 0.2) is 11.6 Å². The number of Topliss-reactive ketones (excluding diaryl/α,β-unsaturated/α-hetero) is 2. The van der Waals surface area contributed by atoms with Gasteiger partial charge in [-0.3, -0.25) is 9.59 Å². The summed E-state index contributed by atoms with van der Waals surface area (Å²) in [5, 5.41) is 0. The summed E-state index contributed by atoms with van der Waals surface area (Å²) in [6.07, 6.45) is 1.97. The minimum atomic E-state index is -0.768. The average molecular weight is 214 g/mol. The third-order valence-corrected chi connectivity index (χ3v) is 4.08. The van der Waals surface area contributed by atoms with Crippen LogP contribution in [0.25, 0.3) is 0 Å². The van der Waals surface area contributed by atoms with Crippen molar-refractivity contribution in [2.24, 2.45) is 5.92 Å². The third-order valence-electron chi connectivity index (χ3n) is 4.08. The molecule has 2 aliphatic carbocycles. The maximum atomic E-state index is 12.3. The SMILES string of the molecule is C[C@@H]1CC(=O)[C@]2(CCc3ccccc32)C1=O. The number of carbonyl (C=O) groups is 2. The van der Waals surface area contributed by atoms with Crippen LogP contribution in [0.1, 0.15) is 30.9 Å². The number of hydrogen-bond acceptors (Lipinski definition) is 2. The maximum absolute atomic E-state index is 12.3. The van der Waals surface area contributed by atoms with Crippen LogP contribution in [0, 0.1) is 5.92 Å². The molecule has 0 N–H and O–H groups in total. The van der Waals surface area contributed by atoms with Gasteiger partial charge in [0, 0.05) is 12.3 Å². The van der Waals surface area contributed by atoms with Crippen molar-refractivity contribution >= 4 is 11.6 Å². The molecule has 16 heavy (non-hydrogen) atoms. The molecule has 0 saturated heterocycles. The molecule has 0 aliphatic heterocycles. The van der Waals surface area contributed by atoms with Gasteiger partial charge < -0.3 is 0 Å². The average Bonchev–Trinajstić information content (AvgIpc) is 2.77. The van der Waals surface area contributed by atoms with Crippen molar-refractivity contribution in [1.82, 2.24) is 0 Å². The molecule has 2 nitrogen and oxygen atoms in total. The van der Waals surface area contributed by atoms with E-state index in [1.54, 1.807) is 0 Å². The molecule has 1 saturated carbocycles. The van der Waals surface area contributed by atoms with Gasteiger partial charge in [-0.1, -0.05) is 31.2 Å². The van der Waals surface area contributed by atoms with Crippen LogP contribution in [0.3, 0.4) is 0 Å². The van der Waals surface area contributed by atoms with Crippen LogP contribution >= 0.6 is 0 Å². The minimum Gasteiger partial charge on any atom is -0.298 e. The van der Waals surface area contributed by atoms with E-state index in [4.69, 9.17) is 0 Å². The van der Waals surface area contributed by atoms with Crippen LogP contribution < -0.4 is 0 Å². The zero-order chi connectivity index (χ0) is 11.3. The highest BCUT2D eigenvalue weighted by Crippen LogP contribution is 2.47. The highest BCUT2D eigenvalue weighted by Gasteiger charge is 2.56. The lowest BCUT2D eigenvalue weighted by Crippen LogP contribution is -2.36. The fourth-order valence-electron chi connectivity index (χ4n) is 3.26. The quantitative estimate of drug-likeness (QED) is 0.619. The second-order valence-electron chi connectivity index (χ2n) is 4.96. The zero-order valence-corrected chi connectivity index (χ0v) is 9.32. The Morgan fingerprint density at radius 2 is 2.00 bits per heavy atom. The summed E-state index contributed by atoms with van der Waals surface area (Å²) in [6, 6.07) is 7.89. The Labute approximate surface area is 94.7 Å². The highest BCUT2D eigenvalue weighted by atomic mass is 16.2. The topological polar surface area (TPSA) is 34.1 Å². The molecule has 0 bridgehead atoms. The van der Waals surface area contributed by atoms with Crippen molar-refractivity contribution in [3.8, 4) is 0 Å². The number of aryl methyl sites for hydroxylation is 1. The van der Waals surface area contributed by atoms with E-state index in [0.29, 0.717) is 12.8 Å². The molecule has 0 heterocycles. The molecule has 1 aromatic carbocycles. The predicted molar refractivity (Wildman–Crippen MR) is 60.2 cm³/mol. The second-order valence-corrected chi connectivity index (χ2v) is 4.96. The van der Waals surface area contributed by atoms with E-state index in [0.717, 1.165) is 12.0 Å². The van der Waals surface area contributed by atoms with Crippen molar-refractivity contribution in [2.75, 3.05) is 0 Å². The molecule has 82 valence electrons. The summed E-state index contributed by atoms with van der Waals surface area (Å²) in [4.78, 5) is 24.4. The fourth-order valence-corrected chi connectivity index (χ4v) is 3.26. The second kappa shape index (κ2) is 3.03. The molecule has 2 aliphatic rings. The Kier molecular flexibility index (Phi) is 1.85. The summed E-state index contributed by atoms with van der Waals surface area (Å²) < 4.78 is 0. The van der Waals surface area contributed by atoms with Crippen molar-refractivity contribution in [3.63, 3.8) is 0 Å². The number of ketones is 2. The van der Waals surface area contributed by atoms with Crippen molar-refractivity contribution in [2.45, 2.75) is 31.6 Å². The first kappa shape index (κ1) is 9.76. The summed E-state index contributed by atoms with van der Waals surface area (Å²) in [6.45, 7) is 1.87. The first-order chi connectivity index (χ1) is 7.66. The standard InChI is InChI=1S/C14H14O2/c1-9-8-12(15)14(13(9)16)7-6-10-4-2-3-5-11(10)14/h2-5,9H,6-8H2,1H3/t9-,14-/m1/s1. The molecule has 1 fully saturated rings. The number of carbonyl (C=O) groups excluding carboxylic acids is 2. The fraction of sp³-hybridized carbons (Fsp3) is 0.429. The summed E-state index contributed by atoms with van der Waals surface area (Å²) in [5.41, 5.74) is 1.39. The Bertz CT molecular complexity index is 489. The molecule has 1 spiro atoms. The van der Waals surface area contributed by atoms with Gasteiger partial charge in [-0.05, 0) is 24.0 Å². The predicted octanol–water partition coefficient (Wildman–Crippen LogP) is 2.05. The van der Waals surface area contributed by atoms with Crippen LogP contribution in [0.4, 0.5) is 0 Å². The molecule has 0 unspecified atom stereocenters. The van der Waals surface area contributed by atoms with Gasteiger partial charge in [0.05, 0.1) is 0 Å². The molecule has 2 heteroatoms. The van der Waals surface area contributed by atoms with Crippen LogP contribution in [0.15, 0.2) is 24.3 Å². The zero-order valence-electron chi connectivity index (χ0n) is 9.32. The maximum Gasteiger partial charge on any atom is 0.154 e. The lowest BCUT2D eigenvalue weighted by atomic mass is 9.78. The smallest absolute Gasteiger partial charge is 0.154 e. The molecule has 1 aromatic rings. The van der Waals surface area contributed by atoms with Gasteiger partial charge in [0.1, 0.15) is 5.41 Å². The van der Waals surface area contributed by atoms with Gasteiger partial charge >= 0.3 is 0 Å². The lowest BCUT2D eigenvalue weighted by molar-refractivity contribution is -0.130. The molecular weight excluding hydrogens is 200 g/mol. The number of fused-ring (bicyclic) bond motifs is 2. The summed E-state index contributed by atoms with van der Waals surface area (Å²) in [5.74, 6) is 0.177. The summed E-state index contributed by atoms with van der Waals surface area (Å²) in [7, 11) is 0. The van der Waals surface area contributed by atoms with E-state index in [1.165, 1.54) is 5.56 Å². The molecule has 0 amide bonds. The van der Waals surface area contributed by atoms with E-state index in [9.17, 15) is 9.59 Å². The monoisotopic (exact) mass is 214 g/mol. The van der Waals surface area contributed by atoms with Crippen LogP contribution in [0.2, 0.25) is 0 Å². The largest absolute Gasteiger partial charge is 0.298 e. The number of benzene rings is 1. The van der Waals surface area contributed by atoms with E-state index >= 15 is 0 Å². The number of rotatable bonds is 0. The van der Waals surface area contributed by atoms with Gasteiger partial charge in [0.2, 0.25) is 0 Å². The molecule has 0 radical (unpaired) electrons. The van der Waals surface area contributed by atoms with Crippen molar-refractivity contribution in [3.05, 3.63) is 35.4 Å². The normalized spacial score (nSPS) is 32.4. The van der Waals surface area contributed by atoms with Gasteiger partial charge in [-0.25, -0.2) is 0 Å². The lowest BCUT2D eigenvalue weighted by Gasteiger charge is -2.21. The number of hydrogen-bond donors (Lipinski definition) is 0. The Balaban J connectivity index is 2.22. The van der Waals surface area contributed by atoms with E-state index in [1.807, 2.05) is 31.2 Å². The van der Waals surface area contributed by atoms with Crippen LogP contribution in [-0.2, 0) is 21.4 Å². The van der Waals surface area contributed by atoms with Crippen LogP contribution in [0.5, 0.6) is 0 Å². The van der Waals surface area contributed by atoms with E-state index < -0.39 is 5.41 Å². The van der Waals surface area contributed by atoms with Crippen molar-refractivity contribution < 1.29 is 9.59 Å². The van der Waals surface area contributed by atoms with Gasteiger partial charge in [0.25, 0.3) is 0 Å². The van der Waals surface area contributed by atoms with Crippen LogP contribution in [-0.4, -0.2) is 11.6 Å². The molecule has 0 aromatic heterocycles. The van der Waals surface area contributed by atoms with Gasteiger partial charge in [-0.2, -0.15) is 0 Å². The minimum absolute atomic E-state index is 0.0985. The van der Waals surface area contributed by atoms with Gasteiger partial charge in [-0.15, -0.1) is 0 Å². The Morgan fingerprint density at radius 3 is 2.69 bits per heavy atom. The molecule has 3 rings (SSSR count).